The van der Waals surface area contributed by atoms with E-state index in [-0.39, 0.29) is 19.1 Å². The number of rotatable bonds is 6. The summed E-state index contributed by atoms with van der Waals surface area (Å²) in [6, 6.07) is 12.5. The van der Waals surface area contributed by atoms with Crippen LogP contribution in [-0.4, -0.2) is 19.1 Å². The summed E-state index contributed by atoms with van der Waals surface area (Å²) in [6.45, 7) is 4.16. The Bertz CT molecular complexity index is 822. The van der Waals surface area contributed by atoms with E-state index < -0.39 is 0 Å². The summed E-state index contributed by atoms with van der Waals surface area (Å²) >= 11 is 11.8. The second-order valence-corrected chi connectivity index (χ2v) is 5.89. The maximum absolute atomic E-state index is 12.0. The number of amides is 1. The van der Waals surface area contributed by atoms with Crippen LogP contribution in [0.4, 0.5) is 0 Å². The van der Waals surface area contributed by atoms with Crippen molar-refractivity contribution in [2.24, 2.45) is 0 Å². The van der Waals surface area contributed by atoms with Crippen LogP contribution >= 0.6 is 23.2 Å². The van der Waals surface area contributed by atoms with Crippen LogP contribution in [0.5, 0.6) is 5.75 Å². The fourth-order valence-corrected chi connectivity index (χ4v) is 2.46. The van der Waals surface area contributed by atoms with Gasteiger partial charge in [-0.15, -0.1) is 6.58 Å². The SMILES string of the molecule is C=CCc1ccccc1OCC#CCNC(=O)c1cc(Cl)ccc1Cl. The van der Waals surface area contributed by atoms with Crippen molar-refractivity contribution < 1.29 is 9.53 Å². The molecule has 3 nitrogen and oxygen atoms in total. The highest BCUT2D eigenvalue weighted by Gasteiger charge is 2.09. The normalized spacial score (nSPS) is 9.68. The zero-order valence-corrected chi connectivity index (χ0v) is 15.0. The third-order valence-electron chi connectivity index (χ3n) is 3.27. The number of para-hydroxylation sites is 1. The first-order valence-corrected chi connectivity index (χ1v) is 8.38. The number of hydrogen-bond donors (Lipinski definition) is 1. The van der Waals surface area contributed by atoms with Gasteiger partial charge in [0.1, 0.15) is 12.4 Å². The van der Waals surface area contributed by atoms with Crippen LogP contribution in [0.25, 0.3) is 0 Å². The average Bonchev–Trinajstić information content (AvgIpc) is 2.61. The molecule has 25 heavy (non-hydrogen) atoms. The van der Waals surface area contributed by atoms with Gasteiger partial charge in [0.05, 0.1) is 17.1 Å². The lowest BCUT2D eigenvalue weighted by atomic mass is 10.1. The standard InChI is InChI=1S/C20H17Cl2NO2/c1-2-7-15-8-3-4-9-19(15)25-13-6-5-12-23-20(24)17-14-16(21)10-11-18(17)22/h2-4,8-11,14H,1,7,12-13H2,(H,23,24). The Morgan fingerprint density at radius 3 is 2.80 bits per heavy atom. The molecule has 0 aliphatic heterocycles. The lowest BCUT2D eigenvalue weighted by molar-refractivity contribution is 0.0959. The topological polar surface area (TPSA) is 38.3 Å². The van der Waals surface area contributed by atoms with Crippen molar-refractivity contribution >= 4 is 29.1 Å². The minimum absolute atomic E-state index is 0.194. The summed E-state index contributed by atoms with van der Waals surface area (Å²) in [6.07, 6.45) is 2.56. The maximum atomic E-state index is 12.0. The number of benzene rings is 2. The fraction of sp³-hybridized carbons (Fsp3) is 0.150. The highest BCUT2D eigenvalue weighted by molar-refractivity contribution is 6.35. The summed E-state index contributed by atoms with van der Waals surface area (Å²) in [5, 5.41) is 3.47. The molecule has 0 aliphatic carbocycles. The zero-order valence-electron chi connectivity index (χ0n) is 13.5. The molecule has 0 atom stereocenters. The van der Waals surface area contributed by atoms with Gasteiger partial charge < -0.3 is 10.1 Å². The minimum atomic E-state index is -0.320. The highest BCUT2D eigenvalue weighted by atomic mass is 35.5. The summed E-state index contributed by atoms with van der Waals surface area (Å²) < 4.78 is 5.64. The van der Waals surface area contributed by atoms with E-state index in [9.17, 15) is 4.79 Å². The van der Waals surface area contributed by atoms with Crippen LogP contribution in [0.2, 0.25) is 10.0 Å². The molecule has 0 radical (unpaired) electrons. The van der Waals surface area contributed by atoms with Crippen molar-refractivity contribution in [2.45, 2.75) is 6.42 Å². The largest absolute Gasteiger partial charge is 0.481 e. The molecule has 0 unspecified atom stereocenters. The Morgan fingerprint density at radius 2 is 2.00 bits per heavy atom. The molecule has 5 heteroatoms. The second kappa shape index (κ2) is 9.78. The Morgan fingerprint density at radius 1 is 1.20 bits per heavy atom. The third-order valence-corrected chi connectivity index (χ3v) is 3.84. The molecular weight excluding hydrogens is 357 g/mol. The van der Waals surface area contributed by atoms with Crippen molar-refractivity contribution in [1.29, 1.82) is 0 Å². The number of nitrogens with one attached hydrogen (secondary N) is 1. The fourth-order valence-electron chi connectivity index (χ4n) is 2.09. The van der Waals surface area contributed by atoms with Gasteiger partial charge in [-0.3, -0.25) is 4.79 Å². The molecule has 0 heterocycles. The zero-order chi connectivity index (χ0) is 18.1. The minimum Gasteiger partial charge on any atom is -0.481 e. The molecule has 2 aromatic carbocycles. The summed E-state index contributed by atoms with van der Waals surface area (Å²) in [5.41, 5.74) is 1.38. The van der Waals surface area contributed by atoms with Crippen LogP contribution in [0, 0.1) is 11.8 Å². The Kier molecular flexibility index (Phi) is 7.40. The number of ether oxygens (including phenoxy) is 1. The molecule has 2 rings (SSSR count). The van der Waals surface area contributed by atoms with E-state index in [1.165, 1.54) is 6.07 Å². The quantitative estimate of drug-likeness (QED) is 0.596. The predicted molar refractivity (Wildman–Crippen MR) is 102 cm³/mol. The first-order valence-electron chi connectivity index (χ1n) is 7.62. The molecule has 0 fully saturated rings. The van der Waals surface area contributed by atoms with Crippen molar-refractivity contribution in [1.82, 2.24) is 5.32 Å². The number of carbonyl (C=O) groups is 1. The van der Waals surface area contributed by atoms with Gasteiger partial charge >= 0.3 is 0 Å². The molecule has 0 saturated heterocycles. The predicted octanol–water partition coefficient (Wildman–Crippen LogP) is 4.53. The molecule has 1 amide bonds. The summed E-state index contributed by atoms with van der Waals surface area (Å²) in [7, 11) is 0. The van der Waals surface area contributed by atoms with E-state index in [2.05, 4.69) is 23.7 Å². The summed E-state index contributed by atoms with van der Waals surface area (Å²) in [5.74, 6) is 6.17. The summed E-state index contributed by atoms with van der Waals surface area (Å²) in [4.78, 5) is 12.0. The van der Waals surface area contributed by atoms with Crippen LogP contribution < -0.4 is 10.1 Å². The third kappa shape index (κ3) is 5.86. The lowest BCUT2D eigenvalue weighted by Gasteiger charge is -2.07. The maximum Gasteiger partial charge on any atom is 0.253 e. The molecule has 0 aromatic heterocycles. The van der Waals surface area contributed by atoms with Gasteiger partial charge in [-0.2, -0.15) is 0 Å². The molecule has 1 N–H and O–H groups in total. The number of halogens is 2. The first kappa shape index (κ1) is 18.9. The number of carbonyl (C=O) groups excluding carboxylic acids is 1. The number of allylic oxidation sites excluding steroid dienone is 1. The van der Waals surface area contributed by atoms with Gasteiger partial charge in [0.25, 0.3) is 5.91 Å². The van der Waals surface area contributed by atoms with Crippen LogP contribution in [0.3, 0.4) is 0 Å². The second-order valence-electron chi connectivity index (χ2n) is 5.05. The van der Waals surface area contributed by atoms with Gasteiger partial charge in [0, 0.05) is 5.02 Å². The molecule has 0 spiro atoms. The van der Waals surface area contributed by atoms with Crippen LogP contribution in [0.15, 0.2) is 55.1 Å². The average molecular weight is 374 g/mol. The molecule has 2 aromatic rings. The van der Waals surface area contributed by atoms with E-state index in [0.717, 1.165) is 17.7 Å². The Labute approximate surface area is 157 Å². The molecule has 0 aliphatic rings. The van der Waals surface area contributed by atoms with Crippen LogP contribution in [-0.2, 0) is 6.42 Å². The number of hydrogen-bond acceptors (Lipinski definition) is 2. The van der Waals surface area contributed by atoms with Gasteiger partial charge in [-0.1, -0.05) is 59.3 Å². The van der Waals surface area contributed by atoms with E-state index in [1.54, 1.807) is 12.1 Å². The van der Waals surface area contributed by atoms with Crippen molar-refractivity contribution in [3.8, 4) is 17.6 Å². The van der Waals surface area contributed by atoms with Gasteiger partial charge in [0.2, 0.25) is 0 Å². The van der Waals surface area contributed by atoms with Crippen molar-refractivity contribution in [3.05, 3.63) is 76.3 Å². The monoisotopic (exact) mass is 373 g/mol. The van der Waals surface area contributed by atoms with Gasteiger partial charge in [0.15, 0.2) is 0 Å². The Hall–Kier alpha value is -2.41. The first-order chi connectivity index (χ1) is 12.1. The van der Waals surface area contributed by atoms with E-state index in [4.69, 9.17) is 27.9 Å². The van der Waals surface area contributed by atoms with E-state index in [0.29, 0.717) is 15.6 Å². The van der Waals surface area contributed by atoms with Gasteiger partial charge in [-0.25, -0.2) is 0 Å². The van der Waals surface area contributed by atoms with Crippen molar-refractivity contribution in [2.75, 3.05) is 13.2 Å². The molecule has 128 valence electrons. The Balaban J connectivity index is 1.82. The lowest BCUT2D eigenvalue weighted by Crippen LogP contribution is -2.24. The molecule has 0 bridgehead atoms. The van der Waals surface area contributed by atoms with E-state index >= 15 is 0 Å². The smallest absolute Gasteiger partial charge is 0.253 e. The van der Waals surface area contributed by atoms with Crippen molar-refractivity contribution in [3.63, 3.8) is 0 Å². The highest BCUT2D eigenvalue weighted by Crippen LogP contribution is 2.20. The van der Waals surface area contributed by atoms with Gasteiger partial charge in [-0.05, 0) is 36.2 Å². The van der Waals surface area contributed by atoms with E-state index in [1.807, 2.05) is 30.3 Å². The molecule has 0 saturated carbocycles. The molecular formula is C20H17Cl2NO2. The van der Waals surface area contributed by atoms with Crippen LogP contribution in [0.1, 0.15) is 15.9 Å².